The molecule has 0 spiro atoms. The minimum atomic E-state index is -3.19. The van der Waals surface area contributed by atoms with Crippen molar-refractivity contribution in [2.75, 3.05) is 7.05 Å². The standard InChI is InChI=1S/C22H21F3N2/c1-3-14-27-15-4-5-20(21(27)26-2)16-6-8-17(9-7-16)22(24,25)18-10-12-19(23)13-11-18/h4-13,15H,3,14H2,1-2H3. The molecule has 0 amide bonds. The Hall–Kier alpha value is -2.82. The summed E-state index contributed by atoms with van der Waals surface area (Å²) in [4.78, 5) is 4.37. The molecule has 0 atom stereocenters. The lowest BCUT2D eigenvalue weighted by molar-refractivity contribution is 0.0428. The maximum absolute atomic E-state index is 14.7. The van der Waals surface area contributed by atoms with E-state index in [1.54, 1.807) is 19.2 Å². The van der Waals surface area contributed by atoms with Crippen LogP contribution in [0.1, 0.15) is 24.5 Å². The summed E-state index contributed by atoms with van der Waals surface area (Å²) in [6.45, 7) is 2.92. The fourth-order valence-electron chi connectivity index (χ4n) is 3.12. The fourth-order valence-corrected chi connectivity index (χ4v) is 3.12. The molecule has 0 unspecified atom stereocenters. The number of aryl methyl sites for hydroxylation is 1. The lowest BCUT2D eigenvalue weighted by Gasteiger charge is -2.18. The first-order valence-electron chi connectivity index (χ1n) is 8.84. The molecule has 0 aliphatic rings. The molecular formula is C22H21F3N2. The molecular weight excluding hydrogens is 349 g/mol. The summed E-state index contributed by atoms with van der Waals surface area (Å²) >= 11 is 0. The van der Waals surface area contributed by atoms with Crippen LogP contribution in [0.3, 0.4) is 0 Å². The molecule has 0 aliphatic heterocycles. The van der Waals surface area contributed by atoms with E-state index in [9.17, 15) is 13.2 Å². The van der Waals surface area contributed by atoms with Gasteiger partial charge >= 0.3 is 0 Å². The van der Waals surface area contributed by atoms with Gasteiger partial charge in [-0.15, -0.1) is 0 Å². The van der Waals surface area contributed by atoms with Crippen LogP contribution in [0.5, 0.6) is 0 Å². The number of hydrogen-bond donors (Lipinski definition) is 0. The molecule has 3 rings (SSSR count). The van der Waals surface area contributed by atoms with Crippen LogP contribution in [-0.2, 0) is 12.5 Å². The summed E-state index contributed by atoms with van der Waals surface area (Å²) in [5.41, 5.74) is 2.16. The van der Waals surface area contributed by atoms with Crippen molar-refractivity contribution < 1.29 is 13.2 Å². The van der Waals surface area contributed by atoms with Gasteiger partial charge in [-0.2, -0.15) is 8.78 Å². The number of aromatic nitrogens is 1. The largest absolute Gasteiger partial charge is 0.333 e. The fraction of sp³-hybridized carbons (Fsp3) is 0.227. The van der Waals surface area contributed by atoms with E-state index in [2.05, 4.69) is 16.5 Å². The Kier molecular flexibility index (Phi) is 5.49. The molecule has 2 aromatic carbocycles. The van der Waals surface area contributed by atoms with Gasteiger partial charge in [0.2, 0.25) is 0 Å². The van der Waals surface area contributed by atoms with Gasteiger partial charge in [0.05, 0.1) is 0 Å². The third-order valence-electron chi connectivity index (χ3n) is 4.48. The zero-order valence-corrected chi connectivity index (χ0v) is 15.3. The summed E-state index contributed by atoms with van der Waals surface area (Å²) in [6, 6.07) is 14.4. The number of halogens is 3. The molecule has 5 heteroatoms. The van der Waals surface area contributed by atoms with Crippen molar-refractivity contribution in [3.05, 3.63) is 89.3 Å². The van der Waals surface area contributed by atoms with Gasteiger partial charge in [-0.3, -0.25) is 4.99 Å². The van der Waals surface area contributed by atoms with E-state index >= 15 is 0 Å². The molecule has 0 bridgehead atoms. The number of rotatable bonds is 5. The summed E-state index contributed by atoms with van der Waals surface area (Å²) in [6.07, 6.45) is 2.94. The van der Waals surface area contributed by atoms with Crippen molar-refractivity contribution in [2.24, 2.45) is 4.99 Å². The summed E-state index contributed by atoms with van der Waals surface area (Å²) in [5.74, 6) is -3.73. The first-order chi connectivity index (χ1) is 13.0. The van der Waals surface area contributed by atoms with Crippen LogP contribution in [0.25, 0.3) is 11.1 Å². The van der Waals surface area contributed by atoms with Crippen molar-refractivity contribution in [1.82, 2.24) is 4.57 Å². The first-order valence-corrected chi connectivity index (χ1v) is 8.84. The van der Waals surface area contributed by atoms with E-state index in [1.807, 2.05) is 18.3 Å². The van der Waals surface area contributed by atoms with Crippen molar-refractivity contribution in [2.45, 2.75) is 25.8 Å². The van der Waals surface area contributed by atoms with Gasteiger partial charge in [-0.25, -0.2) is 4.39 Å². The summed E-state index contributed by atoms with van der Waals surface area (Å²) in [7, 11) is 1.72. The predicted octanol–water partition coefficient (Wildman–Crippen LogP) is 5.37. The lowest BCUT2D eigenvalue weighted by atomic mass is 9.97. The van der Waals surface area contributed by atoms with Gasteiger partial charge in [0, 0.05) is 36.5 Å². The van der Waals surface area contributed by atoms with Crippen LogP contribution in [0, 0.1) is 5.82 Å². The van der Waals surface area contributed by atoms with Gasteiger partial charge < -0.3 is 4.57 Å². The molecule has 3 aromatic rings. The van der Waals surface area contributed by atoms with E-state index in [1.165, 1.54) is 12.1 Å². The topological polar surface area (TPSA) is 17.3 Å². The van der Waals surface area contributed by atoms with Crippen LogP contribution in [-0.4, -0.2) is 11.6 Å². The van der Waals surface area contributed by atoms with Gasteiger partial charge in [0.1, 0.15) is 11.3 Å². The van der Waals surface area contributed by atoms with E-state index < -0.39 is 11.7 Å². The minimum absolute atomic E-state index is 0.134. The highest BCUT2D eigenvalue weighted by atomic mass is 19.3. The Balaban J connectivity index is 1.99. The number of alkyl halides is 2. The van der Waals surface area contributed by atoms with E-state index in [0.717, 1.165) is 53.8 Å². The van der Waals surface area contributed by atoms with E-state index in [-0.39, 0.29) is 11.1 Å². The van der Waals surface area contributed by atoms with Gasteiger partial charge in [-0.1, -0.05) is 31.2 Å². The zero-order valence-electron chi connectivity index (χ0n) is 15.3. The Morgan fingerprint density at radius 3 is 2.07 bits per heavy atom. The molecule has 2 nitrogen and oxygen atoms in total. The Bertz CT molecular complexity index is 972. The SMILES string of the molecule is CCCn1cccc(-c2ccc(C(F)(F)c3ccc(F)cc3)cc2)c1=NC. The normalized spacial score (nSPS) is 12.4. The third-order valence-corrected chi connectivity index (χ3v) is 4.48. The molecule has 140 valence electrons. The van der Waals surface area contributed by atoms with Crippen molar-refractivity contribution in [3.63, 3.8) is 0 Å². The Labute approximate surface area is 156 Å². The van der Waals surface area contributed by atoms with Crippen molar-refractivity contribution in [1.29, 1.82) is 0 Å². The molecule has 0 radical (unpaired) electrons. The van der Waals surface area contributed by atoms with Gasteiger partial charge in [0.25, 0.3) is 5.92 Å². The second kappa shape index (κ2) is 7.82. The molecule has 1 aromatic heterocycles. The average molecular weight is 370 g/mol. The quantitative estimate of drug-likeness (QED) is 0.574. The van der Waals surface area contributed by atoms with Gasteiger partial charge in [-0.05, 0) is 48.4 Å². The number of pyridine rings is 1. The van der Waals surface area contributed by atoms with Crippen LogP contribution < -0.4 is 5.49 Å². The number of nitrogens with zero attached hydrogens (tertiary/aromatic N) is 2. The maximum Gasteiger partial charge on any atom is 0.298 e. The summed E-state index contributed by atoms with van der Waals surface area (Å²) < 4.78 is 44.5. The minimum Gasteiger partial charge on any atom is -0.333 e. The highest BCUT2D eigenvalue weighted by molar-refractivity contribution is 5.62. The third kappa shape index (κ3) is 3.82. The monoisotopic (exact) mass is 370 g/mol. The van der Waals surface area contributed by atoms with Crippen LogP contribution >= 0.6 is 0 Å². The highest BCUT2D eigenvalue weighted by Gasteiger charge is 2.33. The predicted molar refractivity (Wildman–Crippen MR) is 101 cm³/mol. The van der Waals surface area contributed by atoms with Crippen LogP contribution in [0.4, 0.5) is 13.2 Å². The molecule has 0 fully saturated rings. The Morgan fingerprint density at radius 1 is 0.926 bits per heavy atom. The summed E-state index contributed by atoms with van der Waals surface area (Å²) in [5, 5.41) is 0. The molecule has 0 saturated heterocycles. The molecule has 0 saturated carbocycles. The van der Waals surface area contributed by atoms with Crippen LogP contribution in [0.15, 0.2) is 71.9 Å². The smallest absolute Gasteiger partial charge is 0.298 e. The van der Waals surface area contributed by atoms with E-state index in [0.29, 0.717) is 0 Å². The second-order valence-corrected chi connectivity index (χ2v) is 6.32. The average Bonchev–Trinajstić information content (AvgIpc) is 2.68. The highest BCUT2D eigenvalue weighted by Crippen LogP contribution is 2.36. The number of hydrogen-bond acceptors (Lipinski definition) is 1. The zero-order chi connectivity index (χ0) is 19.4. The molecule has 0 N–H and O–H groups in total. The maximum atomic E-state index is 14.7. The van der Waals surface area contributed by atoms with Crippen molar-refractivity contribution >= 4 is 0 Å². The molecule has 27 heavy (non-hydrogen) atoms. The second-order valence-electron chi connectivity index (χ2n) is 6.32. The lowest BCUT2D eigenvalue weighted by Crippen LogP contribution is -2.22. The Morgan fingerprint density at radius 2 is 1.52 bits per heavy atom. The van der Waals surface area contributed by atoms with Crippen molar-refractivity contribution in [3.8, 4) is 11.1 Å². The number of benzene rings is 2. The molecule has 1 heterocycles. The van der Waals surface area contributed by atoms with Gasteiger partial charge in [0.15, 0.2) is 0 Å². The van der Waals surface area contributed by atoms with Crippen LogP contribution in [0.2, 0.25) is 0 Å². The van der Waals surface area contributed by atoms with E-state index in [4.69, 9.17) is 0 Å². The first kappa shape index (κ1) is 19.0. The molecule has 0 aliphatic carbocycles.